The van der Waals surface area contributed by atoms with E-state index in [1.807, 2.05) is 42.5 Å². The van der Waals surface area contributed by atoms with E-state index in [2.05, 4.69) is 15.2 Å². The van der Waals surface area contributed by atoms with Crippen LogP contribution in [0.15, 0.2) is 47.1 Å². The van der Waals surface area contributed by atoms with Gasteiger partial charge in [-0.1, -0.05) is 12.1 Å². The zero-order valence-electron chi connectivity index (χ0n) is 10.1. The van der Waals surface area contributed by atoms with Crippen LogP contribution in [0.1, 0.15) is 11.6 Å². The number of nitrogens with two attached hydrogens (primary N) is 1. The van der Waals surface area contributed by atoms with E-state index in [4.69, 9.17) is 10.2 Å². The number of nitrogens with one attached hydrogen (secondary N) is 1. The highest BCUT2D eigenvalue weighted by molar-refractivity contribution is 5.72. The number of nitrogen functional groups attached to an aromatic ring is 1. The SMILES string of the molecule is Nc1ccccc1-c1n[nH]c(/C=C/c2ccco2)n1. The highest BCUT2D eigenvalue weighted by Crippen LogP contribution is 2.21. The van der Waals surface area contributed by atoms with Crippen LogP contribution in [0.3, 0.4) is 0 Å². The summed E-state index contributed by atoms with van der Waals surface area (Å²) in [6, 6.07) is 11.2. The van der Waals surface area contributed by atoms with Crippen molar-refractivity contribution in [2.45, 2.75) is 0 Å². The molecule has 0 spiro atoms. The summed E-state index contributed by atoms with van der Waals surface area (Å²) in [5.74, 6) is 1.99. The number of para-hydroxylation sites is 1. The third kappa shape index (κ3) is 2.40. The van der Waals surface area contributed by atoms with Crippen LogP contribution in [-0.4, -0.2) is 15.2 Å². The summed E-state index contributed by atoms with van der Waals surface area (Å²) in [5, 5.41) is 7.00. The lowest BCUT2D eigenvalue weighted by molar-refractivity contribution is 0.557. The minimum atomic E-state index is 0.581. The van der Waals surface area contributed by atoms with E-state index in [0.29, 0.717) is 17.3 Å². The van der Waals surface area contributed by atoms with Crippen LogP contribution < -0.4 is 5.73 Å². The second-order valence-electron chi connectivity index (χ2n) is 3.98. The molecule has 2 aromatic heterocycles. The maximum absolute atomic E-state index is 5.89. The van der Waals surface area contributed by atoms with Crippen molar-refractivity contribution in [3.63, 3.8) is 0 Å². The lowest BCUT2D eigenvalue weighted by Gasteiger charge is -1.98. The monoisotopic (exact) mass is 252 g/mol. The number of nitrogens with zero attached hydrogens (tertiary/aromatic N) is 2. The minimum Gasteiger partial charge on any atom is -0.465 e. The molecule has 2 heterocycles. The second-order valence-corrected chi connectivity index (χ2v) is 3.98. The first-order valence-electron chi connectivity index (χ1n) is 5.82. The third-order valence-electron chi connectivity index (χ3n) is 2.65. The summed E-state index contributed by atoms with van der Waals surface area (Å²) in [6.07, 6.45) is 5.24. The molecule has 0 atom stereocenters. The highest BCUT2D eigenvalue weighted by Gasteiger charge is 2.06. The molecule has 0 radical (unpaired) electrons. The quantitative estimate of drug-likeness (QED) is 0.702. The average Bonchev–Trinajstić information content (AvgIpc) is 3.08. The smallest absolute Gasteiger partial charge is 0.183 e. The summed E-state index contributed by atoms with van der Waals surface area (Å²) in [4.78, 5) is 4.37. The molecule has 0 aliphatic heterocycles. The van der Waals surface area contributed by atoms with Crippen molar-refractivity contribution in [3.05, 3.63) is 54.2 Å². The number of H-pyrrole nitrogens is 1. The number of aromatic amines is 1. The fourth-order valence-electron chi connectivity index (χ4n) is 1.72. The molecule has 1 aromatic carbocycles. The molecule has 19 heavy (non-hydrogen) atoms. The maximum Gasteiger partial charge on any atom is 0.183 e. The van der Waals surface area contributed by atoms with Gasteiger partial charge in [-0.05, 0) is 36.4 Å². The van der Waals surface area contributed by atoms with E-state index in [1.54, 1.807) is 12.3 Å². The fraction of sp³-hybridized carbons (Fsp3) is 0. The zero-order valence-corrected chi connectivity index (χ0v) is 10.1. The van der Waals surface area contributed by atoms with Gasteiger partial charge in [0, 0.05) is 11.3 Å². The summed E-state index contributed by atoms with van der Waals surface area (Å²) in [5.41, 5.74) is 7.36. The predicted octanol–water partition coefficient (Wildman–Crippen LogP) is 2.82. The Morgan fingerprint density at radius 2 is 2.00 bits per heavy atom. The molecule has 5 nitrogen and oxygen atoms in total. The number of hydrogen-bond acceptors (Lipinski definition) is 4. The molecule has 3 N–H and O–H groups in total. The van der Waals surface area contributed by atoms with Crippen molar-refractivity contribution < 1.29 is 4.42 Å². The maximum atomic E-state index is 5.89. The van der Waals surface area contributed by atoms with Crippen LogP contribution in [0.4, 0.5) is 5.69 Å². The van der Waals surface area contributed by atoms with E-state index < -0.39 is 0 Å². The van der Waals surface area contributed by atoms with E-state index in [1.165, 1.54) is 0 Å². The van der Waals surface area contributed by atoms with Gasteiger partial charge in [-0.3, -0.25) is 5.10 Å². The Kier molecular flexibility index (Phi) is 2.86. The van der Waals surface area contributed by atoms with Gasteiger partial charge in [-0.25, -0.2) is 4.98 Å². The Morgan fingerprint density at radius 3 is 2.79 bits per heavy atom. The summed E-state index contributed by atoms with van der Waals surface area (Å²) in [7, 11) is 0. The number of furan rings is 1. The topological polar surface area (TPSA) is 80.7 Å². The van der Waals surface area contributed by atoms with Crippen molar-refractivity contribution in [2.24, 2.45) is 0 Å². The Balaban J connectivity index is 1.86. The van der Waals surface area contributed by atoms with Gasteiger partial charge in [0.2, 0.25) is 0 Å². The van der Waals surface area contributed by atoms with Crippen molar-refractivity contribution in [1.29, 1.82) is 0 Å². The standard InChI is InChI=1S/C14H12N4O/c15-12-6-2-1-5-11(12)14-16-13(17-18-14)8-7-10-4-3-9-19-10/h1-9H,15H2,(H,16,17,18)/b8-7+. The molecule has 94 valence electrons. The summed E-state index contributed by atoms with van der Waals surface area (Å²) in [6.45, 7) is 0. The van der Waals surface area contributed by atoms with E-state index in [0.717, 1.165) is 11.3 Å². The lowest BCUT2D eigenvalue weighted by Crippen LogP contribution is -1.90. The van der Waals surface area contributed by atoms with Gasteiger partial charge >= 0.3 is 0 Å². The van der Waals surface area contributed by atoms with Crippen molar-refractivity contribution in [1.82, 2.24) is 15.2 Å². The molecular weight excluding hydrogens is 240 g/mol. The van der Waals surface area contributed by atoms with Gasteiger partial charge in [0.1, 0.15) is 11.6 Å². The summed E-state index contributed by atoms with van der Waals surface area (Å²) < 4.78 is 5.20. The van der Waals surface area contributed by atoms with E-state index in [9.17, 15) is 0 Å². The molecule has 0 aliphatic carbocycles. The van der Waals surface area contributed by atoms with Gasteiger partial charge in [0.05, 0.1) is 6.26 Å². The molecule has 0 amide bonds. The Hall–Kier alpha value is -2.82. The summed E-state index contributed by atoms with van der Waals surface area (Å²) >= 11 is 0. The van der Waals surface area contributed by atoms with Crippen molar-refractivity contribution in [3.8, 4) is 11.4 Å². The number of hydrogen-bond donors (Lipinski definition) is 2. The average molecular weight is 252 g/mol. The zero-order chi connectivity index (χ0) is 13.1. The number of anilines is 1. The largest absolute Gasteiger partial charge is 0.465 e. The van der Waals surface area contributed by atoms with Crippen LogP contribution in [0.2, 0.25) is 0 Å². The molecule has 0 bridgehead atoms. The second kappa shape index (κ2) is 4.81. The van der Waals surface area contributed by atoms with Gasteiger partial charge < -0.3 is 10.2 Å². The van der Waals surface area contributed by atoms with E-state index >= 15 is 0 Å². The van der Waals surface area contributed by atoms with Crippen molar-refractivity contribution >= 4 is 17.8 Å². The number of benzene rings is 1. The molecule has 0 fully saturated rings. The van der Waals surface area contributed by atoms with Crippen LogP contribution in [0.5, 0.6) is 0 Å². The van der Waals surface area contributed by atoms with Crippen LogP contribution >= 0.6 is 0 Å². The highest BCUT2D eigenvalue weighted by atomic mass is 16.3. The third-order valence-corrected chi connectivity index (χ3v) is 2.65. The normalized spacial score (nSPS) is 11.2. The van der Waals surface area contributed by atoms with Gasteiger partial charge in [-0.2, -0.15) is 5.10 Å². The van der Waals surface area contributed by atoms with Gasteiger partial charge in [0.15, 0.2) is 5.82 Å². The van der Waals surface area contributed by atoms with Crippen LogP contribution in [0.25, 0.3) is 23.5 Å². The molecule has 0 saturated heterocycles. The van der Waals surface area contributed by atoms with Crippen molar-refractivity contribution in [2.75, 3.05) is 5.73 Å². The predicted molar refractivity (Wildman–Crippen MR) is 73.9 cm³/mol. The Bertz CT molecular complexity index is 698. The Labute approximate surface area is 109 Å². The van der Waals surface area contributed by atoms with Crippen LogP contribution in [-0.2, 0) is 0 Å². The van der Waals surface area contributed by atoms with Crippen LogP contribution in [0, 0.1) is 0 Å². The molecule has 3 aromatic rings. The molecule has 0 aliphatic rings. The molecule has 5 heteroatoms. The minimum absolute atomic E-state index is 0.581. The van der Waals surface area contributed by atoms with E-state index in [-0.39, 0.29) is 0 Å². The lowest BCUT2D eigenvalue weighted by atomic mass is 10.2. The molecule has 3 rings (SSSR count). The molecule has 0 saturated carbocycles. The number of aromatic nitrogens is 3. The molecular formula is C14H12N4O. The first-order chi connectivity index (χ1) is 9.33. The molecule has 0 unspecified atom stereocenters. The fourth-order valence-corrected chi connectivity index (χ4v) is 1.72. The Morgan fingerprint density at radius 1 is 1.11 bits per heavy atom. The number of rotatable bonds is 3. The first-order valence-corrected chi connectivity index (χ1v) is 5.82. The van der Waals surface area contributed by atoms with Gasteiger partial charge in [0.25, 0.3) is 0 Å². The van der Waals surface area contributed by atoms with Gasteiger partial charge in [-0.15, -0.1) is 0 Å². The first kappa shape index (κ1) is 11.3.